The largest absolute Gasteiger partial charge is 0.315 e. The number of nitrogens with zero attached hydrogens (tertiary/aromatic N) is 1. The van der Waals surface area contributed by atoms with E-state index < -0.39 is 0 Å². The molecule has 0 amide bonds. The van der Waals surface area contributed by atoms with Gasteiger partial charge in [-0.15, -0.1) is 11.3 Å². The van der Waals surface area contributed by atoms with Crippen LogP contribution in [0, 0.1) is 0 Å². The molecular weight excluding hydrogens is 228 g/mol. The summed E-state index contributed by atoms with van der Waals surface area (Å²) >= 11 is 7.92. The molecule has 1 saturated heterocycles. The van der Waals surface area contributed by atoms with Crippen molar-refractivity contribution in [2.45, 2.75) is 25.9 Å². The average molecular weight is 245 g/mol. The van der Waals surface area contributed by atoms with Crippen LogP contribution in [0.25, 0.3) is 0 Å². The third-order valence-corrected chi connectivity index (χ3v) is 4.19. The van der Waals surface area contributed by atoms with Crippen molar-refractivity contribution < 1.29 is 0 Å². The first-order chi connectivity index (χ1) is 7.29. The van der Waals surface area contributed by atoms with Gasteiger partial charge in [-0.2, -0.15) is 0 Å². The number of thiophene rings is 1. The Hall–Kier alpha value is -0.0900. The Bertz CT molecular complexity index is 318. The minimum Gasteiger partial charge on any atom is -0.315 e. The van der Waals surface area contributed by atoms with Crippen molar-refractivity contribution in [1.29, 1.82) is 0 Å². The van der Waals surface area contributed by atoms with Crippen molar-refractivity contribution in [2.75, 3.05) is 20.1 Å². The second-order valence-corrected chi connectivity index (χ2v) is 5.76. The van der Waals surface area contributed by atoms with Crippen LogP contribution in [-0.2, 0) is 13.1 Å². The molecule has 0 bridgehead atoms. The quantitative estimate of drug-likeness (QED) is 0.876. The maximum Gasteiger partial charge on any atom is 0.0976 e. The van der Waals surface area contributed by atoms with Gasteiger partial charge in [-0.1, -0.05) is 11.6 Å². The van der Waals surface area contributed by atoms with Crippen LogP contribution in [-0.4, -0.2) is 25.0 Å². The highest BCUT2D eigenvalue weighted by Crippen LogP contribution is 2.29. The molecule has 4 heteroatoms. The van der Waals surface area contributed by atoms with Crippen molar-refractivity contribution in [3.8, 4) is 0 Å². The third kappa shape index (κ3) is 2.94. The zero-order valence-electron chi connectivity index (χ0n) is 9.05. The Balaban J connectivity index is 2.00. The Kier molecular flexibility index (Phi) is 4.03. The number of likely N-dealkylation sites (tertiary alicyclic amines) is 1. The van der Waals surface area contributed by atoms with Gasteiger partial charge in [-0.05, 0) is 44.6 Å². The molecule has 0 unspecified atom stereocenters. The van der Waals surface area contributed by atoms with Gasteiger partial charge in [-0.25, -0.2) is 0 Å². The molecule has 15 heavy (non-hydrogen) atoms. The summed E-state index contributed by atoms with van der Waals surface area (Å²) in [5.74, 6) is 0. The lowest BCUT2D eigenvalue weighted by molar-refractivity contribution is 0.332. The predicted octanol–water partition coefficient (Wildman–Crippen LogP) is 2.72. The average Bonchev–Trinajstić information content (AvgIpc) is 2.79. The smallest absolute Gasteiger partial charge is 0.0976 e. The summed E-state index contributed by atoms with van der Waals surface area (Å²) in [6.45, 7) is 4.41. The van der Waals surface area contributed by atoms with E-state index in [1.54, 1.807) is 11.3 Å². The lowest BCUT2D eigenvalue weighted by Crippen LogP contribution is -2.18. The van der Waals surface area contributed by atoms with Crippen molar-refractivity contribution in [2.24, 2.45) is 0 Å². The Morgan fingerprint density at radius 2 is 2.20 bits per heavy atom. The molecule has 0 aromatic carbocycles. The van der Waals surface area contributed by atoms with Crippen LogP contribution in [0.1, 0.15) is 23.3 Å². The van der Waals surface area contributed by atoms with E-state index in [9.17, 15) is 0 Å². The Morgan fingerprint density at radius 3 is 2.87 bits per heavy atom. The molecule has 1 aliphatic rings. The van der Waals surface area contributed by atoms with E-state index in [1.807, 2.05) is 7.05 Å². The number of halogens is 1. The maximum absolute atomic E-state index is 6.22. The highest BCUT2D eigenvalue weighted by molar-refractivity contribution is 7.16. The summed E-state index contributed by atoms with van der Waals surface area (Å²) in [6.07, 6.45) is 2.68. The minimum absolute atomic E-state index is 0.921. The fraction of sp³-hybridized carbons (Fsp3) is 0.636. The normalized spacial score (nSPS) is 17.5. The first-order valence-electron chi connectivity index (χ1n) is 5.43. The SMILES string of the molecule is CNCc1cc(CN2CCCC2)c(Cl)s1. The first kappa shape index (κ1) is 11.4. The predicted molar refractivity (Wildman–Crippen MR) is 66.6 cm³/mol. The van der Waals surface area contributed by atoms with E-state index in [1.165, 1.54) is 36.4 Å². The van der Waals surface area contributed by atoms with E-state index in [4.69, 9.17) is 11.6 Å². The molecule has 0 spiro atoms. The summed E-state index contributed by atoms with van der Waals surface area (Å²) < 4.78 is 0.965. The molecule has 0 radical (unpaired) electrons. The van der Waals surface area contributed by atoms with Gasteiger partial charge in [0, 0.05) is 18.0 Å². The van der Waals surface area contributed by atoms with E-state index in [-0.39, 0.29) is 0 Å². The van der Waals surface area contributed by atoms with Crippen molar-refractivity contribution >= 4 is 22.9 Å². The van der Waals surface area contributed by atoms with Crippen LogP contribution in [0.3, 0.4) is 0 Å². The summed E-state index contributed by atoms with van der Waals surface area (Å²) in [7, 11) is 1.97. The van der Waals surface area contributed by atoms with Gasteiger partial charge in [0.15, 0.2) is 0 Å². The van der Waals surface area contributed by atoms with Crippen LogP contribution in [0.4, 0.5) is 0 Å². The zero-order valence-corrected chi connectivity index (χ0v) is 10.6. The molecule has 1 aromatic rings. The van der Waals surface area contributed by atoms with Gasteiger partial charge in [0.25, 0.3) is 0 Å². The second-order valence-electron chi connectivity index (χ2n) is 4.03. The van der Waals surface area contributed by atoms with Crippen LogP contribution in [0.2, 0.25) is 4.34 Å². The van der Waals surface area contributed by atoms with Gasteiger partial charge in [0.2, 0.25) is 0 Å². The van der Waals surface area contributed by atoms with Crippen LogP contribution < -0.4 is 5.32 Å². The van der Waals surface area contributed by atoms with Crippen LogP contribution in [0.15, 0.2) is 6.07 Å². The van der Waals surface area contributed by atoms with Gasteiger partial charge >= 0.3 is 0 Å². The van der Waals surface area contributed by atoms with E-state index in [0.29, 0.717) is 0 Å². The Morgan fingerprint density at radius 1 is 1.47 bits per heavy atom. The lowest BCUT2D eigenvalue weighted by atomic mass is 10.3. The summed E-state index contributed by atoms with van der Waals surface area (Å²) in [5.41, 5.74) is 1.30. The van der Waals surface area contributed by atoms with Gasteiger partial charge in [0.05, 0.1) is 4.34 Å². The number of nitrogens with one attached hydrogen (secondary N) is 1. The zero-order chi connectivity index (χ0) is 10.7. The molecule has 1 aromatic heterocycles. The fourth-order valence-electron chi connectivity index (χ4n) is 2.01. The van der Waals surface area contributed by atoms with E-state index in [0.717, 1.165) is 17.4 Å². The summed E-state index contributed by atoms with van der Waals surface area (Å²) in [5, 5.41) is 3.16. The fourth-order valence-corrected chi connectivity index (χ4v) is 3.33. The number of hydrogen-bond acceptors (Lipinski definition) is 3. The molecule has 0 aliphatic carbocycles. The molecule has 2 heterocycles. The Labute approximate surface area is 100 Å². The highest BCUT2D eigenvalue weighted by Gasteiger charge is 2.15. The molecule has 1 N–H and O–H groups in total. The standard InChI is InChI=1S/C11H17ClN2S/c1-13-7-10-6-9(11(12)15-10)8-14-4-2-3-5-14/h6,13H,2-5,7-8H2,1H3. The lowest BCUT2D eigenvalue weighted by Gasteiger charge is -2.13. The third-order valence-electron chi connectivity index (χ3n) is 2.75. The molecule has 1 fully saturated rings. The monoisotopic (exact) mass is 244 g/mol. The minimum atomic E-state index is 0.921. The molecule has 2 nitrogen and oxygen atoms in total. The van der Waals surface area contributed by atoms with Crippen molar-refractivity contribution in [3.05, 3.63) is 20.8 Å². The van der Waals surface area contributed by atoms with Gasteiger partial charge < -0.3 is 5.32 Å². The van der Waals surface area contributed by atoms with Crippen molar-refractivity contribution in [3.63, 3.8) is 0 Å². The molecule has 0 saturated carbocycles. The summed E-state index contributed by atoms with van der Waals surface area (Å²) in [4.78, 5) is 3.81. The second kappa shape index (κ2) is 5.30. The van der Waals surface area contributed by atoms with Gasteiger partial charge in [-0.3, -0.25) is 4.90 Å². The van der Waals surface area contributed by atoms with Crippen molar-refractivity contribution in [1.82, 2.24) is 10.2 Å². The molecule has 84 valence electrons. The topological polar surface area (TPSA) is 15.3 Å². The number of hydrogen-bond donors (Lipinski definition) is 1. The first-order valence-corrected chi connectivity index (χ1v) is 6.63. The van der Waals surface area contributed by atoms with Gasteiger partial charge in [0.1, 0.15) is 0 Å². The maximum atomic E-state index is 6.22. The molecular formula is C11H17ClN2S. The molecule has 1 aliphatic heterocycles. The van der Waals surface area contributed by atoms with E-state index >= 15 is 0 Å². The molecule has 2 rings (SSSR count). The number of rotatable bonds is 4. The van der Waals surface area contributed by atoms with Crippen LogP contribution >= 0.6 is 22.9 Å². The highest BCUT2D eigenvalue weighted by atomic mass is 35.5. The summed E-state index contributed by atoms with van der Waals surface area (Å²) in [6, 6.07) is 2.24. The van der Waals surface area contributed by atoms with E-state index in [2.05, 4.69) is 16.3 Å². The molecule has 0 atom stereocenters. The van der Waals surface area contributed by atoms with Crippen LogP contribution in [0.5, 0.6) is 0 Å².